The fourth-order valence-electron chi connectivity index (χ4n) is 3.07. The van der Waals surface area contributed by atoms with Gasteiger partial charge in [-0.3, -0.25) is 9.59 Å². The molecule has 0 saturated heterocycles. The molecule has 0 bridgehead atoms. The Bertz CT molecular complexity index is 1200. The maximum Gasteiger partial charge on any atom is 1.00 e. The van der Waals surface area contributed by atoms with Crippen molar-refractivity contribution in [3.8, 4) is 16.9 Å². The summed E-state index contributed by atoms with van der Waals surface area (Å²) in [5.41, 5.74) is 1.08. The first-order chi connectivity index (χ1) is 14.7. The Morgan fingerprint density at radius 2 is 1.78 bits per heavy atom. The number of carbonyl (C=O) groups is 2. The van der Waals surface area contributed by atoms with E-state index < -0.39 is 41.5 Å². The zero-order chi connectivity index (χ0) is 22.5. The molecule has 1 heterocycles. The summed E-state index contributed by atoms with van der Waals surface area (Å²) in [6, 6.07) is 13.6. The monoisotopic (exact) mass is 463 g/mol. The predicted molar refractivity (Wildman–Crippen MR) is 115 cm³/mol. The maximum atomic E-state index is 12.5. The quantitative estimate of drug-likeness (QED) is 0.448. The van der Waals surface area contributed by atoms with Crippen LogP contribution in [0, 0.1) is 0 Å². The number of nitrogens with zero attached hydrogens (tertiary/aromatic N) is 1. The molecule has 32 heavy (non-hydrogen) atoms. The number of anilines is 1. The number of rotatable bonds is 6. The molecule has 3 N–H and O–H groups in total. The van der Waals surface area contributed by atoms with Crippen molar-refractivity contribution in [2.45, 2.75) is 12.5 Å². The van der Waals surface area contributed by atoms with Crippen LogP contribution in [0.4, 0.5) is 10.5 Å². The van der Waals surface area contributed by atoms with Crippen LogP contribution in [0.5, 0.6) is 5.75 Å². The van der Waals surface area contributed by atoms with Crippen molar-refractivity contribution in [1.29, 1.82) is 0 Å². The van der Waals surface area contributed by atoms with Gasteiger partial charge < -0.3 is 25.4 Å². The first-order valence-corrected chi connectivity index (χ1v) is 9.64. The number of carboxylic acids is 1. The van der Waals surface area contributed by atoms with Crippen molar-refractivity contribution >= 4 is 29.3 Å². The van der Waals surface area contributed by atoms with Crippen LogP contribution in [0.25, 0.3) is 11.1 Å². The van der Waals surface area contributed by atoms with Gasteiger partial charge in [-0.25, -0.2) is 4.79 Å². The van der Waals surface area contributed by atoms with Gasteiger partial charge >= 0.3 is 41.6 Å². The Balaban J connectivity index is 0.00000363. The molecule has 2 amide bonds. The van der Waals surface area contributed by atoms with E-state index in [2.05, 4.69) is 10.6 Å². The SMILES string of the molecule is Cn1ccc([O-])c(NC(=O)NC(CC(=O)O)c2cccc(-c3cccc(Cl)c3)c2)c1=O.[Na+]. The third-order valence-electron chi connectivity index (χ3n) is 4.60. The van der Waals surface area contributed by atoms with E-state index in [-0.39, 0.29) is 29.6 Å². The molecule has 2 aromatic carbocycles. The summed E-state index contributed by atoms with van der Waals surface area (Å²) >= 11 is 6.05. The first kappa shape index (κ1) is 25.5. The van der Waals surface area contributed by atoms with Gasteiger partial charge in [0.15, 0.2) is 0 Å². The number of hydrogen-bond donors (Lipinski definition) is 3. The van der Waals surface area contributed by atoms with Crippen LogP contribution in [0.3, 0.4) is 0 Å². The van der Waals surface area contributed by atoms with E-state index in [0.29, 0.717) is 10.6 Å². The van der Waals surface area contributed by atoms with Gasteiger partial charge in [0.2, 0.25) is 0 Å². The van der Waals surface area contributed by atoms with Gasteiger partial charge in [-0.05, 0) is 34.9 Å². The van der Waals surface area contributed by atoms with Gasteiger partial charge in [0.1, 0.15) is 5.69 Å². The van der Waals surface area contributed by atoms with Gasteiger partial charge in [-0.2, -0.15) is 0 Å². The smallest absolute Gasteiger partial charge is 0.871 e. The maximum absolute atomic E-state index is 12.5. The van der Waals surface area contributed by atoms with Crippen molar-refractivity contribution in [3.05, 3.63) is 81.7 Å². The predicted octanol–water partition coefficient (Wildman–Crippen LogP) is 0.121. The molecule has 3 aromatic rings. The van der Waals surface area contributed by atoms with Crippen molar-refractivity contribution < 1.29 is 49.4 Å². The van der Waals surface area contributed by atoms with Crippen LogP contribution in [-0.4, -0.2) is 21.7 Å². The number of halogens is 1. The fourth-order valence-corrected chi connectivity index (χ4v) is 3.26. The van der Waals surface area contributed by atoms with Crippen LogP contribution in [0.1, 0.15) is 18.0 Å². The largest absolute Gasteiger partial charge is 1.00 e. The third-order valence-corrected chi connectivity index (χ3v) is 4.83. The summed E-state index contributed by atoms with van der Waals surface area (Å²) < 4.78 is 1.15. The molecule has 0 aliphatic heterocycles. The van der Waals surface area contributed by atoms with E-state index in [4.69, 9.17) is 11.6 Å². The van der Waals surface area contributed by atoms with Crippen LogP contribution < -0.4 is 50.9 Å². The minimum Gasteiger partial charge on any atom is -0.871 e. The van der Waals surface area contributed by atoms with Gasteiger partial charge in [-0.1, -0.05) is 53.7 Å². The third kappa shape index (κ3) is 6.37. The second kappa shape index (κ2) is 11.2. The number of nitrogens with one attached hydrogen (secondary N) is 2. The topological polar surface area (TPSA) is 123 Å². The summed E-state index contributed by atoms with van der Waals surface area (Å²) in [6.45, 7) is 0. The summed E-state index contributed by atoms with van der Waals surface area (Å²) in [6.07, 6.45) is 0.895. The minimum atomic E-state index is -1.13. The van der Waals surface area contributed by atoms with Crippen LogP contribution in [0.15, 0.2) is 65.6 Å². The minimum absolute atomic E-state index is 0. The summed E-state index contributed by atoms with van der Waals surface area (Å²) in [7, 11) is 1.44. The van der Waals surface area contributed by atoms with Crippen molar-refractivity contribution in [2.24, 2.45) is 7.05 Å². The van der Waals surface area contributed by atoms with Crippen LogP contribution in [0.2, 0.25) is 5.02 Å². The number of urea groups is 1. The van der Waals surface area contributed by atoms with Crippen molar-refractivity contribution in [1.82, 2.24) is 9.88 Å². The normalized spacial score (nSPS) is 11.2. The summed E-state index contributed by atoms with van der Waals surface area (Å²) in [4.78, 5) is 36.0. The molecule has 8 nitrogen and oxygen atoms in total. The second-order valence-corrected chi connectivity index (χ2v) is 7.29. The van der Waals surface area contributed by atoms with E-state index in [9.17, 15) is 24.6 Å². The average Bonchev–Trinajstić information content (AvgIpc) is 2.73. The van der Waals surface area contributed by atoms with E-state index in [1.54, 1.807) is 36.4 Å². The van der Waals surface area contributed by atoms with Crippen molar-refractivity contribution in [2.75, 3.05) is 5.32 Å². The first-order valence-electron chi connectivity index (χ1n) is 9.26. The molecular weight excluding hydrogens is 445 g/mol. The molecule has 0 aliphatic rings. The number of carboxylic acid groups (broad SMARTS) is 1. The molecule has 10 heteroatoms. The van der Waals surface area contributed by atoms with E-state index in [1.165, 1.54) is 13.2 Å². The Labute approximate surface area is 211 Å². The molecule has 0 spiro atoms. The van der Waals surface area contributed by atoms with Crippen molar-refractivity contribution in [3.63, 3.8) is 0 Å². The Morgan fingerprint density at radius 3 is 2.44 bits per heavy atom. The molecule has 0 saturated carbocycles. The van der Waals surface area contributed by atoms with Gasteiger partial charge in [0.05, 0.1) is 12.5 Å². The number of pyridine rings is 1. The number of aliphatic carboxylic acids is 1. The zero-order valence-corrected chi connectivity index (χ0v) is 20.2. The molecule has 1 aromatic heterocycles. The second-order valence-electron chi connectivity index (χ2n) is 6.86. The molecule has 160 valence electrons. The number of benzene rings is 2. The standard InChI is InChI=1S/C22H20ClN3O5.Na/c1-26-9-8-18(27)20(21(26)30)25-22(31)24-17(12-19(28)29)15-6-2-4-13(10-15)14-5-3-7-16(23)11-14;/h2-11,17,27H,12H2,1H3,(H,28,29)(H2,24,25,31);/q;+1/p-1. The van der Waals surface area contributed by atoms with E-state index in [0.717, 1.165) is 21.8 Å². The van der Waals surface area contributed by atoms with Gasteiger partial charge in [0.25, 0.3) is 5.56 Å². The van der Waals surface area contributed by atoms with E-state index in [1.807, 2.05) is 12.1 Å². The Morgan fingerprint density at radius 1 is 1.12 bits per heavy atom. The Kier molecular flexibility index (Phi) is 8.91. The molecule has 0 radical (unpaired) electrons. The number of hydrogen-bond acceptors (Lipinski definition) is 4. The van der Waals surface area contributed by atoms with Crippen LogP contribution >= 0.6 is 11.6 Å². The molecule has 0 aliphatic carbocycles. The molecule has 0 fully saturated rings. The van der Waals surface area contributed by atoms with Crippen LogP contribution in [-0.2, 0) is 11.8 Å². The van der Waals surface area contributed by atoms with Gasteiger partial charge in [-0.15, -0.1) is 0 Å². The molecule has 1 unspecified atom stereocenters. The summed E-state index contributed by atoms with van der Waals surface area (Å²) in [5, 5.41) is 26.6. The average molecular weight is 464 g/mol. The number of carbonyl (C=O) groups excluding carboxylic acids is 1. The van der Waals surface area contributed by atoms with E-state index >= 15 is 0 Å². The molecule has 3 rings (SSSR count). The summed E-state index contributed by atoms with van der Waals surface area (Å²) in [5.74, 6) is -1.77. The molecular formula is C22H19ClN3NaO5. The molecule has 1 atom stereocenters. The number of aromatic nitrogens is 1. The number of aryl methyl sites for hydroxylation is 1. The zero-order valence-electron chi connectivity index (χ0n) is 17.5. The fraction of sp³-hybridized carbons (Fsp3) is 0.136. The Hall–Kier alpha value is -2.78. The van der Waals surface area contributed by atoms with Gasteiger partial charge in [0, 0.05) is 18.3 Å². The number of amides is 2.